The Bertz CT molecular complexity index is 501. The Morgan fingerprint density at radius 1 is 1.32 bits per heavy atom. The number of ether oxygens (including phenoxy) is 1. The fourth-order valence-corrected chi connectivity index (χ4v) is 1.67. The van der Waals surface area contributed by atoms with Crippen LogP contribution in [0.4, 0.5) is 5.69 Å². The van der Waals surface area contributed by atoms with Crippen LogP contribution in [0.15, 0.2) is 35.4 Å². The topological polar surface area (TPSA) is 77.7 Å². The van der Waals surface area contributed by atoms with E-state index < -0.39 is 0 Å². The molecule has 1 aromatic carbocycles. The molecule has 6 nitrogen and oxygen atoms in total. The zero-order valence-electron chi connectivity index (χ0n) is 10.4. The fourth-order valence-electron chi connectivity index (χ4n) is 1.67. The highest BCUT2D eigenvalue weighted by Gasteiger charge is 2.21. The molecule has 1 saturated heterocycles. The Hall–Kier alpha value is -2.39. The molecule has 1 aliphatic rings. The van der Waals surface area contributed by atoms with Gasteiger partial charge in [-0.2, -0.15) is 10.4 Å². The predicted molar refractivity (Wildman–Crippen MR) is 70.5 cm³/mol. The second-order valence-electron chi connectivity index (χ2n) is 3.95. The lowest BCUT2D eigenvalue weighted by Gasteiger charge is -2.25. The molecule has 1 aromatic rings. The number of para-hydroxylation sites is 1. The van der Waals surface area contributed by atoms with Gasteiger partial charge in [-0.15, -0.1) is 0 Å². The molecule has 2 rings (SSSR count). The van der Waals surface area contributed by atoms with Crippen LogP contribution in [0.2, 0.25) is 0 Å². The Morgan fingerprint density at radius 2 is 2.00 bits per heavy atom. The number of hydrogen-bond acceptors (Lipinski definition) is 5. The number of benzene rings is 1. The number of morpholine rings is 1. The molecule has 1 fully saturated rings. The zero-order valence-corrected chi connectivity index (χ0v) is 10.4. The first-order valence-corrected chi connectivity index (χ1v) is 5.97. The van der Waals surface area contributed by atoms with Crippen LogP contribution < -0.4 is 5.43 Å². The van der Waals surface area contributed by atoms with Crippen LogP contribution in [0, 0.1) is 11.3 Å². The Kier molecular flexibility index (Phi) is 4.48. The summed E-state index contributed by atoms with van der Waals surface area (Å²) in [7, 11) is 0. The molecule has 0 aromatic heterocycles. The summed E-state index contributed by atoms with van der Waals surface area (Å²) < 4.78 is 5.16. The summed E-state index contributed by atoms with van der Waals surface area (Å²) in [6, 6.07) is 11.0. The summed E-state index contributed by atoms with van der Waals surface area (Å²) in [6.07, 6.45) is 0. The molecule has 1 amide bonds. The third-order valence-corrected chi connectivity index (χ3v) is 2.68. The monoisotopic (exact) mass is 258 g/mol. The number of hydrogen-bond donors (Lipinski definition) is 1. The first-order valence-electron chi connectivity index (χ1n) is 5.97. The normalized spacial score (nSPS) is 15.7. The lowest BCUT2D eigenvalue weighted by Crippen LogP contribution is -2.44. The average Bonchev–Trinajstić information content (AvgIpc) is 2.49. The number of carbonyl (C=O) groups is 1. The van der Waals surface area contributed by atoms with E-state index >= 15 is 0 Å². The van der Waals surface area contributed by atoms with E-state index in [0.29, 0.717) is 26.3 Å². The lowest BCUT2D eigenvalue weighted by molar-refractivity contribution is -0.127. The number of nitrogens with zero attached hydrogens (tertiary/aromatic N) is 3. The van der Waals surface area contributed by atoms with Gasteiger partial charge in [0.05, 0.1) is 18.9 Å². The molecule has 0 bridgehead atoms. The quantitative estimate of drug-likeness (QED) is 0.643. The van der Waals surface area contributed by atoms with Gasteiger partial charge in [0.25, 0.3) is 5.91 Å². The summed E-state index contributed by atoms with van der Waals surface area (Å²) >= 11 is 0. The second-order valence-corrected chi connectivity index (χ2v) is 3.95. The van der Waals surface area contributed by atoms with Crippen molar-refractivity contribution < 1.29 is 9.53 Å². The summed E-state index contributed by atoms with van der Waals surface area (Å²) in [4.78, 5) is 13.6. The van der Waals surface area contributed by atoms with Gasteiger partial charge < -0.3 is 9.64 Å². The van der Waals surface area contributed by atoms with E-state index in [2.05, 4.69) is 10.5 Å². The number of amides is 1. The van der Waals surface area contributed by atoms with Crippen LogP contribution in [-0.4, -0.2) is 42.8 Å². The van der Waals surface area contributed by atoms with Crippen LogP contribution in [0.5, 0.6) is 0 Å². The summed E-state index contributed by atoms with van der Waals surface area (Å²) in [6.45, 7) is 1.98. The van der Waals surface area contributed by atoms with Crippen molar-refractivity contribution in [3.63, 3.8) is 0 Å². The zero-order chi connectivity index (χ0) is 13.5. The molecule has 1 N–H and O–H groups in total. The molecule has 0 spiro atoms. The van der Waals surface area contributed by atoms with Gasteiger partial charge in [-0.1, -0.05) is 18.2 Å². The van der Waals surface area contributed by atoms with E-state index in [9.17, 15) is 4.79 Å². The first kappa shape index (κ1) is 13.1. The minimum absolute atomic E-state index is 0.147. The molecular weight excluding hydrogens is 244 g/mol. The van der Waals surface area contributed by atoms with E-state index in [-0.39, 0.29) is 11.6 Å². The van der Waals surface area contributed by atoms with Crippen molar-refractivity contribution in [2.45, 2.75) is 0 Å². The summed E-state index contributed by atoms with van der Waals surface area (Å²) in [5, 5.41) is 12.9. The van der Waals surface area contributed by atoms with Crippen molar-refractivity contribution in [1.82, 2.24) is 4.90 Å². The van der Waals surface area contributed by atoms with Crippen LogP contribution in [0.25, 0.3) is 0 Å². The molecule has 0 atom stereocenters. The predicted octanol–water partition coefficient (Wildman–Crippen LogP) is 0.837. The second kappa shape index (κ2) is 6.52. The van der Waals surface area contributed by atoms with Gasteiger partial charge >= 0.3 is 0 Å². The highest BCUT2D eigenvalue weighted by Crippen LogP contribution is 2.05. The van der Waals surface area contributed by atoms with Crippen LogP contribution >= 0.6 is 0 Å². The van der Waals surface area contributed by atoms with E-state index in [1.807, 2.05) is 24.3 Å². The molecule has 0 saturated carbocycles. The molecule has 0 radical (unpaired) electrons. The molecular formula is C13H14N4O2. The van der Waals surface area contributed by atoms with Gasteiger partial charge in [-0.3, -0.25) is 10.2 Å². The van der Waals surface area contributed by atoms with E-state index in [4.69, 9.17) is 10.00 Å². The Balaban J connectivity index is 2.03. The summed E-state index contributed by atoms with van der Waals surface area (Å²) in [5.74, 6) is -0.366. The van der Waals surface area contributed by atoms with Crippen molar-refractivity contribution in [3.05, 3.63) is 30.3 Å². The number of hydrazone groups is 1. The number of nitrogens with one attached hydrogen (secondary N) is 1. The molecule has 98 valence electrons. The van der Waals surface area contributed by atoms with Gasteiger partial charge in [-0.05, 0) is 12.1 Å². The minimum atomic E-state index is -0.366. The van der Waals surface area contributed by atoms with E-state index in [1.165, 1.54) is 0 Å². The van der Waals surface area contributed by atoms with Crippen molar-refractivity contribution in [1.29, 1.82) is 5.26 Å². The van der Waals surface area contributed by atoms with Crippen molar-refractivity contribution in [2.75, 3.05) is 31.7 Å². The van der Waals surface area contributed by atoms with Gasteiger partial charge in [0.1, 0.15) is 6.07 Å². The standard InChI is InChI=1S/C13H14N4O2/c14-10-12(13(18)17-6-8-19-9-7-17)16-15-11-4-2-1-3-5-11/h1-5,15H,6-9H2/b16-12-. The maximum atomic E-state index is 12.0. The van der Waals surface area contributed by atoms with E-state index in [0.717, 1.165) is 5.69 Å². The fraction of sp³-hybridized carbons (Fsp3) is 0.308. The number of anilines is 1. The van der Waals surface area contributed by atoms with Crippen molar-refractivity contribution in [2.24, 2.45) is 5.10 Å². The van der Waals surface area contributed by atoms with Gasteiger partial charge in [0.2, 0.25) is 5.71 Å². The third kappa shape index (κ3) is 3.53. The number of nitriles is 1. The molecule has 6 heteroatoms. The van der Waals surface area contributed by atoms with Crippen molar-refractivity contribution in [3.8, 4) is 6.07 Å². The first-order chi connectivity index (χ1) is 9.31. The maximum Gasteiger partial charge on any atom is 0.285 e. The SMILES string of the molecule is N#C/C(=N/Nc1ccccc1)C(=O)N1CCOCC1. The van der Waals surface area contributed by atoms with E-state index in [1.54, 1.807) is 17.0 Å². The molecule has 19 heavy (non-hydrogen) atoms. The van der Waals surface area contributed by atoms with Crippen LogP contribution in [0.3, 0.4) is 0 Å². The van der Waals surface area contributed by atoms with Crippen LogP contribution in [-0.2, 0) is 9.53 Å². The van der Waals surface area contributed by atoms with Gasteiger partial charge in [0.15, 0.2) is 0 Å². The molecule has 1 aliphatic heterocycles. The summed E-state index contributed by atoms with van der Waals surface area (Å²) in [5.41, 5.74) is 3.28. The number of carbonyl (C=O) groups excluding carboxylic acids is 1. The number of rotatable bonds is 3. The highest BCUT2D eigenvalue weighted by molar-refractivity contribution is 6.45. The third-order valence-electron chi connectivity index (χ3n) is 2.68. The van der Waals surface area contributed by atoms with Crippen molar-refractivity contribution >= 4 is 17.3 Å². The van der Waals surface area contributed by atoms with Gasteiger partial charge in [-0.25, -0.2) is 0 Å². The highest BCUT2D eigenvalue weighted by atomic mass is 16.5. The molecule has 1 heterocycles. The Labute approximate surface area is 111 Å². The maximum absolute atomic E-state index is 12.0. The smallest absolute Gasteiger partial charge is 0.285 e. The lowest BCUT2D eigenvalue weighted by atomic mass is 10.3. The van der Waals surface area contributed by atoms with Crippen LogP contribution in [0.1, 0.15) is 0 Å². The largest absolute Gasteiger partial charge is 0.378 e. The van der Waals surface area contributed by atoms with Gasteiger partial charge in [0, 0.05) is 13.1 Å². The minimum Gasteiger partial charge on any atom is -0.378 e. The Morgan fingerprint density at radius 3 is 2.63 bits per heavy atom. The molecule has 0 unspecified atom stereocenters. The average molecular weight is 258 g/mol. The molecule has 0 aliphatic carbocycles.